The van der Waals surface area contributed by atoms with Gasteiger partial charge in [0.2, 0.25) is 0 Å². The van der Waals surface area contributed by atoms with Crippen LogP contribution in [0.2, 0.25) is 15.1 Å². The van der Waals surface area contributed by atoms with E-state index in [4.69, 9.17) is 39.5 Å². The molecule has 0 atom stereocenters. The number of carbonyl (C=O) groups is 2. The Morgan fingerprint density at radius 2 is 1.66 bits per heavy atom. The smallest absolute Gasteiger partial charge is 0.343 e. The molecule has 0 unspecified atom stereocenters. The first kappa shape index (κ1) is 22.4. The number of esters is 1. The van der Waals surface area contributed by atoms with Crippen LogP contribution in [0.25, 0.3) is 6.08 Å². The van der Waals surface area contributed by atoms with Crippen molar-refractivity contribution in [3.05, 3.63) is 97.8 Å². The molecule has 3 aromatic rings. The van der Waals surface area contributed by atoms with E-state index in [0.717, 1.165) is 5.56 Å². The van der Waals surface area contributed by atoms with E-state index in [2.05, 4.69) is 10.3 Å². The van der Waals surface area contributed by atoms with E-state index in [1.54, 1.807) is 54.6 Å². The van der Waals surface area contributed by atoms with Gasteiger partial charge in [0.25, 0.3) is 5.91 Å². The topological polar surface area (TPSA) is 67.8 Å². The van der Waals surface area contributed by atoms with Crippen molar-refractivity contribution >= 4 is 75.4 Å². The second-order valence-corrected chi connectivity index (χ2v) is 8.83. The summed E-state index contributed by atoms with van der Waals surface area (Å²) in [5, 5.41) is 4.46. The minimum absolute atomic E-state index is 0.238. The van der Waals surface area contributed by atoms with Crippen LogP contribution in [-0.2, 0) is 4.79 Å². The molecule has 0 spiro atoms. The number of carbonyl (C=O) groups excluding carboxylic acids is 2. The number of nitrogens with one attached hydrogen (secondary N) is 1. The lowest BCUT2D eigenvalue weighted by atomic mass is 10.2. The highest BCUT2D eigenvalue weighted by atomic mass is 35.5. The molecule has 32 heavy (non-hydrogen) atoms. The summed E-state index contributed by atoms with van der Waals surface area (Å²) in [4.78, 5) is 29.4. The Kier molecular flexibility index (Phi) is 6.86. The van der Waals surface area contributed by atoms with E-state index in [9.17, 15) is 9.59 Å². The zero-order chi connectivity index (χ0) is 22.7. The Labute approximate surface area is 203 Å². The minimum Gasteiger partial charge on any atom is -0.423 e. The number of benzene rings is 3. The summed E-state index contributed by atoms with van der Waals surface area (Å²) >= 11 is 18.9. The second-order valence-electron chi connectivity index (χ2n) is 6.55. The maximum atomic E-state index is 12.3. The van der Waals surface area contributed by atoms with Gasteiger partial charge in [0.05, 0.1) is 26.2 Å². The van der Waals surface area contributed by atoms with Gasteiger partial charge in [0.15, 0.2) is 5.17 Å². The molecular formula is C23H13Cl3N2O3S. The van der Waals surface area contributed by atoms with E-state index < -0.39 is 5.97 Å². The number of rotatable bonds is 4. The summed E-state index contributed by atoms with van der Waals surface area (Å²) < 4.78 is 5.36. The monoisotopic (exact) mass is 502 g/mol. The molecule has 1 saturated heterocycles. The fraction of sp³-hybridized carbons (Fsp3) is 0. The van der Waals surface area contributed by atoms with Crippen LogP contribution in [0.1, 0.15) is 15.9 Å². The minimum atomic E-state index is -0.552. The normalized spacial score (nSPS) is 15.8. The van der Waals surface area contributed by atoms with Gasteiger partial charge in [-0.3, -0.25) is 4.79 Å². The highest BCUT2D eigenvalue weighted by Crippen LogP contribution is 2.29. The largest absolute Gasteiger partial charge is 0.423 e. The molecule has 160 valence electrons. The van der Waals surface area contributed by atoms with E-state index in [1.165, 1.54) is 30.0 Å². The fourth-order valence-electron chi connectivity index (χ4n) is 2.69. The van der Waals surface area contributed by atoms with Gasteiger partial charge >= 0.3 is 5.97 Å². The molecule has 0 aliphatic carbocycles. The van der Waals surface area contributed by atoms with Crippen LogP contribution in [0, 0.1) is 0 Å². The van der Waals surface area contributed by atoms with E-state index in [1.807, 2.05) is 0 Å². The lowest BCUT2D eigenvalue weighted by Gasteiger charge is -2.06. The molecule has 1 N–H and O–H groups in total. The van der Waals surface area contributed by atoms with Gasteiger partial charge in [0.1, 0.15) is 5.75 Å². The molecule has 4 rings (SSSR count). The standard InChI is InChI=1S/C23H13Cl3N2O3S/c24-15-4-6-16(7-5-15)27-23-28-21(29)20(32-23)11-13-1-8-17(9-2-13)31-22(30)14-3-10-18(25)19(26)12-14/h1-12H,(H,27,28,29)/b20-11-. The third-order valence-corrected chi connectivity index (χ3v) is 6.15. The van der Waals surface area contributed by atoms with Gasteiger partial charge in [0, 0.05) is 5.02 Å². The molecule has 5 nitrogen and oxygen atoms in total. The van der Waals surface area contributed by atoms with Gasteiger partial charge < -0.3 is 10.1 Å². The van der Waals surface area contributed by atoms with Crippen LogP contribution in [0.15, 0.2) is 76.6 Å². The molecule has 0 aromatic heterocycles. The quantitative estimate of drug-likeness (QED) is 0.243. The number of hydrogen-bond donors (Lipinski definition) is 1. The Morgan fingerprint density at radius 1 is 0.938 bits per heavy atom. The van der Waals surface area contributed by atoms with E-state index >= 15 is 0 Å². The third kappa shape index (κ3) is 5.53. The number of amides is 1. The zero-order valence-corrected chi connectivity index (χ0v) is 19.2. The fourth-order valence-corrected chi connectivity index (χ4v) is 3.95. The molecule has 0 saturated carbocycles. The van der Waals surface area contributed by atoms with Crippen molar-refractivity contribution in [2.45, 2.75) is 0 Å². The molecule has 1 fully saturated rings. The SMILES string of the molecule is O=C1NC(=Nc2ccc(Cl)cc2)S/C1=C\c1ccc(OC(=O)c2ccc(Cl)c(Cl)c2)cc1. The predicted molar refractivity (Wildman–Crippen MR) is 130 cm³/mol. The van der Waals surface area contributed by atoms with E-state index in [-0.39, 0.29) is 16.5 Å². The molecule has 1 aliphatic heterocycles. The van der Waals surface area contributed by atoms with Gasteiger partial charge in [-0.25, -0.2) is 9.79 Å². The number of ether oxygens (including phenoxy) is 1. The van der Waals surface area contributed by atoms with E-state index in [0.29, 0.717) is 31.6 Å². The van der Waals surface area contributed by atoms with Crippen LogP contribution in [0.5, 0.6) is 5.75 Å². The zero-order valence-electron chi connectivity index (χ0n) is 16.1. The molecule has 3 aromatic carbocycles. The Morgan fingerprint density at radius 3 is 2.34 bits per heavy atom. The second kappa shape index (κ2) is 9.79. The van der Waals surface area contributed by atoms with Crippen LogP contribution in [0.3, 0.4) is 0 Å². The first-order valence-electron chi connectivity index (χ1n) is 9.20. The first-order valence-corrected chi connectivity index (χ1v) is 11.1. The Balaban J connectivity index is 1.43. The Hall–Kier alpha value is -2.77. The molecule has 1 heterocycles. The van der Waals surface area contributed by atoms with Crippen LogP contribution < -0.4 is 10.1 Å². The average Bonchev–Trinajstić information content (AvgIpc) is 3.11. The average molecular weight is 504 g/mol. The van der Waals surface area contributed by atoms with Crippen LogP contribution in [-0.4, -0.2) is 17.0 Å². The summed E-state index contributed by atoms with van der Waals surface area (Å²) in [6.07, 6.45) is 1.73. The molecule has 9 heteroatoms. The van der Waals surface area contributed by atoms with Crippen molar-refractivity contribution in [3.63, 3.8) is 0 Å². The molecule has 0 radical (unpaired) electrons. The molecule has 1 aliphatic rings. The summed E-state index contributed by atoms with van der Waals surface area (Å²) in [5.74, 6) is -0.432. The number of nitrogens with zero attached hydrogens (tertiary/aromatic N) is 1. The summed E-state index contributed by atoms with van der Waals surface area (Å²) in [6, 6.07) is 18.3. The molecule has 0 bridgehead atoms. The lowest BCUT2D eigenvalue weighted by molar-refractivity contribution is -0.115. The number of thioether (sulfide) groups is 1. The van der Waals surface area contributed by atoms with Crippen molar-refractivity contribution in [1.82, 2.24) is 5.32 Å². The van der Waals surface area contributed by atoms with Gasteiger partial charge in [-0.05, 0) is 78.0 Å². The maximum absolute atomic E-state index is 12.3. The van der Waals surface area contributed by atoms with Crippen molar-refractivity contribution in [2.75, 3.05) is 0 Å². The summed E-state index contributed by atoms with van der Waals surface area (Å²) in [6.45, 7) is 0. The third-order valence-electron chi connectivity index (χ3n) is 4.25. The van der Waals surface area contributed by atoms with Gasteiger partial charge in [-0.15, -0.1) is 0 Å². The maximum Gasteiger partial charge on any atom is 0.343 e. The van der Waals surface area contributed by atoms with Gasteiger partial charge in [-0.2, -0.15) is 0 Å². The van der Waals surface area contributed by atoms with Crippen molar-refractivity contribution in [3.8, 4) is 5.75 Å². The Bertz CT molecular complexity index is 1260. The highest BCUT2D eigenvalue weighted by Gasteiger charge is 2.23. The van der Waals surface area contributed by atoms with Gasteiger partial charge in [-0.1, -0.05) is 46.9 Å². The number of hydrogen-bond acceptors (Lipinski definition) is 5. The first-order chi connectivity index (χ1) is 15.4. The van der Waals surface area contributed by atoms with Crippen LogP contribution in [0.4, 0.5) is 5.69 Å². The highest BCUT2D eigenvalue weighted by molar-refractivity contribution is 8.18. The lowest BCUT2D eigenvalue weighted by Crippen LogP contribution is -2.19. The molecular weight excluding hydrogens is 491 g/mol. The predicted octanol–water partition coefficient (Wildman–Crippen LogP) is 6.76. The van der Waals surface area contributed by atoms with Crippen molar-refractivity contribution < 1.29 is 14.3 Å². The molecule has 1 amide bonds. The summed E-state index contributed by atoms with van der Waals surface area (Å²) in [7, 11) is 0. The number of aliphatic imine (C=N–C) groups is 1. The van der Waals surface area contributed by atoms with Crippen LogP contribution >= 0.6 is 46.6 Å². The summed E-state index contributed by atoms with van der Waals surface area (Å²) in [5.41, 5.74) is 1.74. The number of amidine groups is 1. The van der Waals surface area contributed by atoms with Crippen molar-refractivity contribution in [2.24, 2.45) is 4.99 Å². The van der Waals surface area contributed by atoms with Crippen molar-refractivity contribution in [1.29, 1.82) is 0 Å². The number of halogens is 3.